The number of furan rings is 1. The summed E-state index contributed by atoms with van der Waals surface area (Å²) in [5, 5.41) is 4.15. The number of hydrogen-bond donors (Lipinski definition) is 1. The Kier molecular flexibility index (Phi) is 3.20. The van der Waals surface area contributed by atoms with Crippen LogP contribution in [0.2, 0.25) is 5.02 Å². The summed E-state index contributed by atoms with van der Waals surface area (Å²) in [6, 6.07) is 9.81. The second-order valence-electron chi connectivity index (χ2n) is 3.84. The van der Waals surface area contributed by atoms with E-state index in [0.717, 1.165) is 22.0 Å². The van der Waals surface area contributed by atoms with Gasteiger partial charge in [-0.1, -0.05) is 11.6 Å². The topological polar surface area (TPSA) is 25.2 Å². The molecule has 0 aliphatic heterocycles. The maximum atomic E-state index is 5.91. The van der Waals surface area contributed by atoms with Crippen LogP contribution in [0.5, 0.6) is 0 Å². The van der Waals surface area contributed by atoms with Crippen LogP contribution < -0.4 is 5.32 Å². The van der Waals surface area contributed by atoms with Gasteiger partial charge in [-0.3, -0.25) is 0 Å². The molecule has 2 rings (SSSR count). The van der Waals surface area contributed by atoms with Gasteiger partial charge >= 0.3 is 0 Å². The highest BCUT2D eigenvalue weighted by Crippen LogP contribution is 2.24. The zero-order valence-electron chi connectivity index (χ0n) is 9.33. The average Bonchev–Trinajstić information content (AvgIpc) is 2.75. The number of anilines is 1. The van der Waals surface area contributed by atoms with E-state index in [4.69, 9.17) is 16.0 Å². The Morgan fingerprint density at radius 2 is 2.12 bits per heavy atom. The third-order valence-electron chi connectivity index (χ3n) is 2.53. The van der Waals surface area contributed by atoms with Crippen molar-refractivity contribution in [3.05, 3.63) is 52.9 Å². The second kappa shape index (κ2) is 4.62. The summed E-state index contributed by atoms with van der Waals surface area (Å²) in [5.74, 6) is 0.925. The predicted molar refractivity (Wildman–Crippen MR) is 66.9 cm³/mol. The number of rotatable bonds is 3. The highest BCUT2D eigenvalue weighted by Gasteiger charge is 2.09. The Morgan fingerprint density at radius 1 is 1.31 bits per heavy atom. The van der Waals surface area contributed by atoms with Crippen molar-refractivity contribution in [3.8, 4) is 0 Å². The number of aryl methyl sites for hydroxylation is 1. The maximum Gasteiger partial charge on any atom is 0.125 e. The smallest absolute Gasteiger partial charge is 0.125 e. The molecule has 0 spiro atoms. The van der Waals surface area contributed by atoms with Crippen LogP contribution in [0.1, 0.15) is 24.3 Å². The van der Waals surface area contributed by atoms with E-state index in [1.165, 1.54) is 0 Å². The van der Waals surface area contributed by atoms with Crippen LogP contribution in [0.25, 0.3) is 0 Å². The molecule has 0 saturated carbocycles. The highest BCUT2D eigenvalue weighted by atomic mass is 35.5. The minimum Gasteiger partial charge on any atom is -0.467 e. The van der Waals surface area contributed by atoms with Crippen molar-refractivity contribution in [1.82, 2.24) is 0 Å². The van der Waals surface area contributed by atoms with Gasteiger partial charge in [-0.05, 0) is 49.7 Å². The molecule has 84 valence electrons. The summed E-state index contributed by atoms with van der Waals surface area (Å²) < 4.78 is 5.34. The Morgan fingerprint density at radius 3 is 2.75 bits per heavy atom. The van der Waals surface area contributed by atoms with Crippen molar-refractivity contribution in [3.63, 3.8) is 0 Å². The standard InChI is InChI=1S/C13H14ClNO/c1-9-8-11(14)5-6-12(9)15-10(2)13-4-3-7-16-13/h3-8,10,15H,1-2H3. The summed E-state index contributed by atoms with van der Waals surface area (Å²) >= 11 is 5.91. The largest absolute Gasteiger partial charge is 0.467 e. The first-order valence-electron chi connectivity index (χ1n) is 5.23. The Balaban J connectivity index is 2.15. The molecule has 0 aliphatic rings. The molecule has 1 atom stereocenters. The molecule has 1 aromatic heterocycles. The lowest BCUT2D eigenvalue weighted by molar-refractivity contribution is 0.490. The molecule has 2 nitrogen and oxygen atoms in total. The number of benzene rings is 1. The van der Waals surface area contributed by atoms with Gasteiger partial charge in [-0.15, -0.1) is 0 Å². The van der Waals surface area contributed by atoms with Gasteiger partial charge in [0.15, 0.2) is 0 Å². The number of hydrogen-bond acceptors (Lipinski definition) is 2. The first kappa shape index (κ1) is 11.1. The molecule has 16 heavy (non-hydrogen) atoms. The van der Waals surface area contributed by atoms with E-state index < -0.39 is 0 Å². The van der Waals surface area contributed by atoms with Gasteiger partial charge in [0, 0.05) is 10.7 Å². The Labute approximate surface area is 100 Å². The third kappa shape index (κ3) is 2.39. The van der Waals surface area contributed by atoms with Crippen LogP contribution in [-0.4, -0.2) is 0 Å². The van der Waals surface area contributed by atoms with Gasteiger partial charge in [-0.2, -0.15) is 0 Å². The molecule has 0 fully saturated rings. The molecular weight excluding hydrogens is 222 g/mol. The van der Waals surface area contributed by atoms with Crippen molar-refractivity contribution < 1.29 is 4.42 Å². The lowest BCUT2D eigenvalue weighted by Gasteiger charge is -2.15. The normalized spacial score (nSPS) is 12.4. The summed E-state index contributed by atoms with van der Waals surface area (Å²) in [5.41, 5.74) is 2.21. The molecule has 1 unspecified atom stereocenters. The molecule has 1 N–H and O–H groups in total. The van der Waals surface area contributed by atoms with Gasteiger partial charge in [-0.25, -0.2) is 0 Å². The van der Waals surface area contributed by atoms with Gasteiger partial charge in [0.25, 0.3) is 0 Å². The van der Waals surface area contributed by atoms with E-state index in [1.54, 1.807) is 6.26 Å². The molecule has 0 saturated heterocycles. The second-order valence-corrected chi connectivity index (χ2v) is 4.28. The SMILES string of the molecule is Cc1cc(Cl)ccc1NC(C)c1ccco1. The fourth-order valence-corrected chi connectivity index (χ4v) is 1.86. The van der Waals surface area contributed by atoms with Crippen molar-refractivity contribution in [2.75, 3.05) is 5.32 Å². The molecule has 2 aromatic rings. The van der Waals surface area contributed by atoms with Crippen LogP contribution >= 0.6 is 11.6 Å². The molecule has 0 aliphatic carbocycles. The summed E-state index contributed by atoms with van der Waals surface area (Å²) in [6.07, 6.45) is 1.68. The lowest BCUT2D eigenvalue weighted by atomic mass is 10.1. The van der Waals surface area contributed by atoms with Crippen LogP contribution in [0.3, 0.4) is 0 Å². The first-order valence-corrected chi connectivity index (χ1v) is 5.60. The van der Waals surface area contributed by atoms with Gasteiger partial charge < -0.3 is 9.73 Å². The summed E-state index contributed by atoms with van der Waals surface area (Å²) in [7, 11) is 0. The average molecular weight is 236 g/mol. The van der Waals surface area contributed by atoms with Gasteiger partial charge in [0.1, 0.15) is 5.76 Å². The minimum absolute atomic E-state index is 0.148. The third-order valence-corrected chi connectivity index (χ3v) is 2.77. The van der Waals surface area contributed by atoms with E-state index in [1.807, 2.05) is 37.3 Å². The monoisotopic (exact) mass is 235 g/mol. The highest BCUT2D eigenvalue weighted by molar-refractivity contribution is 6.30. The minimum atomic E-state index is 0.148. The molecule has 0 amide bonds. The molecule has 0 bridgehead atoms. The molecular formula is C13H14ClNO. The fourth-order valence-electron chi connectivity index (χ4n) is 1.63. The summed E-state index contributed by atoms with van der Waals surface area (Å²) in [4.78, 5) is 0. The van der Waals surface area contributed by atoms with Gasteiger partial charge in [0.05, 0.1) is 12.3 Å². The van der Waals surface area contributed by atoms with E-state index in [2.05, 4.69) is 12.2 Å². The van der Waals surface area contributed by atoms with Crippen molar-refractivity contribution in [2.24, 2.45) is 0 Å². The van der Waals surface area contributed by atoms with Crippen molar-refractivity contribution >= 4 is 17.3 Å². The van der Waals surface area contributed by atoms with Crippen molar-refractivity contribution in [2.45, 2.75) is 19.9 Å². The number of halogens is 1. The molecule has 1 heterocycles. The van der Waals surface area contributed by atoms with E-state index in [9.17, 15) is 0 Å². The zero-order chi connectivity index (χ0) is 11.5. The summed E-state index contributed by atoms with van der Waals surface area (Å²) in [6.45, 7) is 4.09. The zero-order valence-corrected chi connectivity index (χ0v) is 10.1. The molecule has 1 aromatic carbocycles. The maximum absolute atomic E-state index is 5.91. The Bertz CT molecular complexity index is 465. The number of nitrogens with one attached hydrogen (secondary N) is 1. The van der Waals surface area contributed by atoms with Crippen LogP contribution in [-0.2, 0) is 0 Å². The fraction of sp³-hybridized carbons (Fsp3) is 0.231. The van der Waals surface area contributed by atoms with E-state index in [0.29, 0.717) is 0 Å². The predicted octanol–water partition coefficient (Wildman–Crippen LogP) is 4.41. The van der Waals surface area contributed by atoms with E-state index >= 15 is 0 Å². The quantitative estimate of drug-likeness (QED) is 0.852. The molecule has 3 heteroatoms. The first-order chi connectivity index (χ1) is 7.66. The Hall–Kier alpha value is -1.41. The van der Waals surface area contributed by atoms with Crippen molar-refractivity contribution in [1.29, 1.82) is 0 Å². The van der Waals surface area contributed by atoms with Crippen LogP contribution in [0.15, 0.2) is 41.0 Å². The molecule has 0 radical (unpaired) electrons. The lowest BCUT2D eigenvalue weighted by Crippen LogP contribution is -2.06. The van der Waals surface area contributed by atoms with Crippen LogP contribution in [0, 0.1) is 6.92 Å². The van der Waals surface area contributed by atoms with Crippen LogP contribution in [0.4, 0.5) is 5.69 Å². The van der Waals surface area contributed by atoms with Gasteiger partial charge in [0.2, 0.25) is 0 Å². The van der Waals surface area contributed by atoms with E-state index in [-0.39, 0.29) is 6.04 Å².